The number of nitrogens with one attached hydrogen (secondary N) is 2. The molecule has 2 N–H and O–H groups in total. The first-order valence-corrected chi connectivity index (χ1v) is 5.74. The maximum absolute atomic E-state index is 3.52. The molecular formula is C11H24N2. The summed E-state index contributed by atoms with van der Waals surface area (Å²) in [5, 5.41) is 6.89. The first-order valence-electron chi connectivity index (χ1n) is 5.74. The van der Waals surface area contributed by atoms with Crippen LogP contribution < -0.4 is 10.6 Å². The molecule has 2 heteroatoms. The fourth-order valence-corrected chi connectivity index (χ4v) is 2.14. The smallest absolute Gasteiger partial charge is 0.00642 e. The Morgan fingerprint density at radius 2 is 1.85 bits per heavy atom. The third kappa shape index (κ3) is 4.10. The average molecular weight is 184 g/mol. The van der Waals surface area contributed by atoms with Crippen LogP contribution in [-0.4, -0.2) is 26.2 Å². The lowest BCUT2D eigenvalue weighted by Crippen LogP contribution is -2.33. The lowest BCUT2D eigenvalue weighted by atomic mass is 9.86. The van der Waals surface area contributed by atoms with Gasteiger partial charge in [-0.1, -0.05) is 6.92 Å². The zero-order valence-electron chi connectivity index (χ0n) is 9.10. The van der Waals surface area contributed by atoms with Crippen LogP contribution in [0.15, 0.2) is 0 Å². The van der Waals surface area contributed by atoms with Crippen LogP contribution in [0.5, 0.6) is 0 Å². The normalized spacial score (nSPS) is 29.1. The summed E-state index contributed by atoms with van der Waals surface area (Å²) >= 11 is 0. The van der Waals surface area contributed by atoms with Crippen molar-refractivity contribution in [2.24, 2.45) is 5.92 Å². The van der Waals surface area contributed by atoms with Crippen LogP contribution in [0.1, 0.15) is 39.0 Å². The molecule has 0 saturated heterocycles. The van der Waals surface area contributed by atoms with Crippen LogP contribution in [0, 0.1) is 5.92 Å². The number of hydrogen-bond acceptors (Lipinski definition) is 2. The summed E-state index contributed by atoms with van der Waals surface area (Å²) in [6.45, 7) is 4.65. The van der Waals surface area contributed by atoms with Crippen LogP contribution in [0.3, 0.4) is 0 Å². The summed E-state index contributed by atoms with van der Waals surface area (Å²) < 4.78 is 0. The predicted octanol–water partition coefficient (Wildman–Crippen LogP) is 1.76. The molecule has 1 aliphatic rings. The topological polar surface area (TPSA) is 24.1 Å². The third-order valence-electron chi connectivity index (χ3n) is 3.11. The maximum Gasteiger partial charge on any atom is 0.00642 e. The van der Waals surface area contributed by atoms with E-state index in [1.165, 1.54) is 45.2 Å². The second-order valence-electron chi connectivity index (χ2n) is 4.21. The van der Waals surface area contributed by atoms with E-state index in [4.69, 9.17) is 0 Å². The van der Waals surface area contributed by atoms with Gasteiger partial charge in [0.1, 0.15) is 0 Å². The van der Waals surface area contributed by atoms with Gasteiger partial charge in [0.05, 0.1) is 0 Å². The van der Waals surface area contributed by atoms with Crippen molar-refractivity contribution >= 4 is 0 Å². The van der Waals surface area contributed by atoms with E-state index in [1.807, 2.05) is 0 Å². The molecular weight excluding hydrogens is 160 g/mol. The van der Waals surface area contributed by atoms with Crippen molar-refractivity contribution in [2.75, 3.05) is 20.1 Å². The molecule has 0 aromatic carbocycles. The molecule has 0 aliphatic heterocycles. The Labute approximate surface area is 82.5 Å². The highest BCUT2D eigenvalue weighted by atomic mass is 14.9. The molecule has 1 aliphatic carbocycles. The van der Waals surface area contributed by atoms with Gasteiger partial charge in [0.25, 0.3) is 0 Å². The third-order valence-corrected chi connectivity index (χ3v) is 3.11. The van der Waals surface area contributed by atoms with Gasteiger partial charge in [-0.05, 0) is 58.2 Å². The summed E-state index contributed by atoms with van der Waals surface area (Å²) in [4.78, 5) is 0. The quantitative estimate of drug-likeness (QED) is 0.636. The molecule has 0 aromatic rings. The Bertz CT molecular complexity index is 115. The molecule has 0 aromatic heterocycles. The summed E-state index contributed by atoms with van der Waals surface area (Å²) in [6, 6.07) is 0.794. The predicted molar refractivity (Wildman–Crippen MR) is 58.0 cm³/mol. The first kappa shape index (κ1) is 11.0. The largest absolute Gasteiger partial charge is 0.317 e. The molecule has 1 rings (SSSR count). The molecule has 0 radical (unpaired) electrons. The van der Waals surface area contributed by atoms with Crippen molar-refractivity contribution in [3.8, 4) is 0 Å². The van der Waals surface area contributed by atoms with E-state index in [-0.39, 0.29) is 0 Å². The van der Waals surface area contributed by atoms with Gasteiger partial charge in [-0.15, -0.1) is 0 Å². The van der Waals surface area contributed by atoms with Gasteiger partial charge in [-0.25, -0.2) is 0 Å². The van der Waals surface area contributed by atoms with Gasteiger partial charge in [0, 0.05) is 6.04 Å². The van der Waals surface area contributed by atoms with Gasteiger partial charge < -0.3 is 10.6 Å². The fourth-order valence-electron chi connectivity index (χ4n) is 2.14. The standard InChI is InChI=1S/C11H24N2/c1-3-8-13-9-10-4-6-11(12-2)7-5-10/h10-13H,3-9H2,1-2H3. The minimum atomic E-state index is 0.794. The minimum absolute atomic E-state index is 0.794. The van der Waals surface area contributed by atoms with E-state index in [0.29, 0.717) is 0 Å². The fraction of sp³-hybridized carbons (Fsp3) is 1.00. The van der Waals surface area contributed by atoms with E-state index in [0.717, 1.165) is 12.0 Å². The molecule has 1 fully saturated rings. The Balaban J connectivity index is 2.03. The Morgan fingerprint density at radius 3 is 2.38 bits per heavy atom. The summed E-state index contributed by atoms with van der Waals surface area (Å²) in [6.07, 6.45) is 6.81. The molecule has 2 nitrogen and oxygen atoms in total. The molecule has 0 heterocycles. The van der Waals surface area contributed by atoms with Crippen molar-refractivity contribution in [2.45, 2.75) is 45.1 Å². The van der Waals surface area contributed by atoms with E-state index in [2.05, 4.69) is 24.6 Å². The van der Waals surface area contributed by atoms with E-state index in [9.17, 15) is 0 Å². The van der Waals surface area contributed by atoms with Crippen molar-refractivity contribution < 1.29 is 0 Å². The second kappa shape index (κ2) is 6.39. The highest BCUT2D eigenvalue weighted by Crippen LogP contribution is 2.23. The van der Waals surface area contributed by atoms with Crippen molar-refractivity contribution in [1.82, 2.24) is 10.6 Å². The van der Waals surface area contributed by atoms with Gasteiger partial charge in [-0.2, -0.15) is 0 Å². The Hall–Kier alpha value is -0.0800. The maximum atomic E-state index is 3.52. The highest BCUT2D eigenvalue weighted by molar-refractivity contribution is 4.76. The SMILES string of the molecule is CCCNCC1CCC(NC)CC1. The second-order valence-corrected chi connectivity index (χ2v) is 4.21. The minimum Gasteiger partial charge on any atom is -0.317 e. The summed E-state index contributed by atoms with van der Waals surface area (Å²) in [5.74, 6) is 0.941. The lowest BCUT2D eigenvalue weighted by Gasteiger charge is -2.28. The van der Waals surface area contributed by atoms with E-state index in [1.54, 1.807) is 0 Å². The average Bonchev–Trinajstić information content (AvgIpc) is 2.19. The highest BCUT2D eigenvalue weighted by Gasteiger charge is 2.18. The molecule has 0 spiro atoms. The van der Waals surface area contributed by atoms with Crippen LogP contribution in [0.4, 0.5) is 0 Å². The lowest BCUT2D eigenvalue weighted by molar-refractivity contribution is 0.293. The summed E-state index contributed by atoms with van der Waals surface area (Å²) in [5.41, 5.74) is 0. The van der Waals surface area contributed by atoms with Crippen LogP contribution in [0.2, 0.25) is 0 Å². The Kier molecular flexibility index (Phi) is 5.40. The molecule has 0 atom stereocenters. The van der Waals surface area contributed by atoms with Crippen LogP contribution in [-0.2, 0) is 0 Å². The first-order chi connectivity index (χ1) is 6.36. The zero-order valence-corrected chi connectivity index (χ0v) is 9.10. The van der Waals surface area contributed by atoms with Gasteiger partial charge in [-0.3, -0.25) is 0 Å². The van der Waals surface area contributed by atoms with Crippen molar-refractivity contribution in [3.05, 3.63) is 0 Å². The molecule has 0 bridgehead atoms. The number of rotatable bonds is 5. The number of hydrogen-bond donors (Lipinski definition) is 2. The molecule has 78 valence electrons. The van der Waals surface area contributed by atoms with Crippen LogP contribution >= 0.6 is 0 Å². The zero-order chi connectivity index (χ0) is 9.52. The van der Waals surface area contributed by atoms with Gasteiger partial charge in [0.15, 0.2) is 0 Å². The van der Waals surface area contributed by atoms with Gasteiger partial charge >= 0.3 is 0 Å². The molecule has 13 heavy (non-hydrogen) atoms. The monoisotopic (exact) mass is 184 g/mol. The summed E-state index contributed by atoms with van der Waals surface area (Å²) in [7, 11) is 2.08. The van der Waals surface area contributed by atoms with Crippen molar-refractivity contribution in [1.29, 1.82) is 0 Å². The molecule has 0 unspecified atom stereocenters. The van der Waals surface area contributed by atoms with Crippen LogP contribution in [0.25, 0.3) is 0 Å². The Morgan fingerprint density at radius 1 is 1.15 bits per heavy atom. The van der Waals surface area contributed by atoms with E-state index >= 15 is 0 Å². The molecule has 1 saturated carbocycles. The van der Waals surface area contributed by atoms with Gasteiger partial charge in [0.2, 0.25) is 0 Å². The molecule has 0 amide bonds. The van der Waals surface area contributed by atoms with Crippen molar-refractivity contribution in [3.63, 3.8) is 0 Å². The van der Waals surface area contributed by atoms with E-state index < -0.39 is 0 Å².